The normalized spacial score (nSPS) is 14.7. The zero-order valence-electron chi connectivity index (χ0n) is 15.0. The highest BCUT2D eigenvalue weighted by Gasteiger charge is 2.23. The maximum atomic E-state index is 12.8. The number of hydrogen-bond acceptors (Lipinski definition) is 2. The van der Waals surface area contributed by atoms with E-state index in [2.05, 4.69) is 15.9 Å². The quantitative estimate of drug-likeness (QED) is 0.694. The lowest BCUT2D eigenvalue weighted by Gasteiger charge is -2.22. The van der Waals surface area contributed by atoms with Crippen LogP contribution in [0.15, 0.2) is 53.0 Å². The largest absolute Gasteiger partial charge is 0.341 e. The third-order valence-corrected chi connectivity index (χ3v) is 5.72. The molecule has 27 heavy (non-hydrogen) atoms. The first-order valence-electron chi connectivity index (χ1n) is 9.10. The van der Waals surface area contributed by atoms with E-state index in [0.29, 0.717) is 49.6 Å². The first-order valence-corrected chi connectivity index (χ1v) is 10.3. The number of rotatable bonds is 4. The average molecular weight is 450 g/mol. The van der Waals surface area contributed by atoms with Crippen molar-refractivity contribution in [2.75, 3.05) is 26.2 Å². The molecule has 3 rings (SSSR count). The van der Waals surface area contributed by atoms with Crippen molar-refractivity contribution in [3.63, 3.8) is 0 Å². The number of aryl methyl sites for hydroxylation is 1. The SMILES string of the molecule is O=C(CCc1ccc(Cl)cc1)N1CCCN(C(=O)c2ccccc2Br)CC1. The molecule has 2 aromatic rings. The molecule has 0 unspecified atom stereocenters. The molecule has 1 aliphatic heterocycles. The van der Waals surface area contributed by atoms with Crippen molar-refractivity contribution in [1.29, 1.82) is 0 Å². The van der Waals surface area contributed by atoms with Crippen molar-refractivity contribution in [3.8, 4) is 0 Å². The molecule has 0 saturated carbocycles. The monoisotopic (exact) mass is 448 g/mol. The standard InChI is InChI=1S/C21H22BrClN2O2/c22-19-5-2-1-4-18(19)21(27)25-13-3-12-24(14-15-25)20(26)11-8-16-6-9-17(23)10-7-16/h1-2,4-7,9-10H,3,8,11-15H2. The Morgan fingerprint density at radius 2 is 1.59 bits per heavy atom. The third-order valence-electron chi connectivity index (χ3n) is 4.78. The predicted molar refractivity (Wildman–Crippen MR) is 111 cm³/mol. The van der Waals surface area contributed by atoms with Crippen LogP contribution in [-0.2, 0) is 11.2 Å². The highest BCUT2D eigenvalue weighted by molar-refractivity contribution is 9.10. The van der Waals surface area contributed by atoms with Crippen molar-refractivity contribution < 1.29 is 9.59 Å². The summed E-state index contributed by atoms with van der Waals surface area (Å²) in [6, 6.07) is 15.1. The molecule has 142 valence electrons. The fourth-order valence-corrected chi connectivity index (χ4v) is 3.82. The second kappa shape index (κ2) is 9.38. The van der Waals surface area contributed by atoms with Gasteiger partial charge in [-0.2, -0.15) is 0 Å². The van der Waals surface area contributed by atoms with E-state index in [0.717, 1.165) is 16.5 Å². The Morgan fingerprint density at radius 1 is 0.926 bits per heavy atom. The molecule has 0 radical (unpaired) electrons. The first-order chi connectivity index (χ1) is 13.0. The molecule has 0 bridgehead atoms. The van der Waals surface area contributed by atoms with E-state index in [1.807, 2.05) is 58.3 Å². The van der Waals surface area contributed by atoms with Gasteiger partial charge in [-0.05, 0) is 58.6 Å². The average Bonchev–Trinajstić information content (AvgIpc) is 2.93. The van der Waals surface area contributed by atoms with Crippen molar-refractivity contribution in [3.05, 3.63) is 69.2 Å². The molecule has 0 N–H and O–H groups in total. The van der Waals surface area contributed by atoms with Gasteiger partial charge in [0.1, 0.15) is 0 Å². The Balaban J connectivity index is 1.54. The molecule has 2 aromatic carbocycles. The highest BCUT2D eigenvalue weighted by atomic mass is 79.9. The van der Waals surface area contributed by atoms with Gasteiger partial charge in [0.15, 0.2) is 0 Å². The van der Waals surface area contributed by atoms with E-state index in [1.165, 1.54) is 0 Å². The predicted octanol–water partition coefficient (Wildman–Crippen LogP) is 4.41. The van der Waals surface area contributed by atoms with Crippen LogP contribution in [0.25, 0.3) is 0 Å². The van der Waals surface area contributed by atoms with Crippen LogP contribution in [0.1, 0.15) is 28.8 Å². The van der Waals surface area contributed by atoms with Crippen LogP contribution in [0.3, 0.4) is 0 Å². The van der Waals surface area contributed by atoms with Gasteiger partial charge in [0.25, 0.3) is 5.91 Å². The van der Waals surface area contributed by atoms with Gasteiger partial charge in [-0.25, -0.2) is 0 Å². The van der Waals surface area contributed by atoms with Crippen LogP contribution < -0.4 is 0 Å². The van der Waals surface area contributed by atoms with Crippen molar-refractivity contribution >= 4 is 39.3 Å². The third kappa shape index (κ3) is 5.33. The molecule has 0 aliphatic carbocycles. The summed E-state index contributed by atoms with van der Waals surface area (Å²) in [5, 5.41) is 0.701. The minimum atomic E-state index is 0.0120. The van der Waals surface area contributed by atoms with E-state index >= 15 is 0 Å². The number of halogens is 2. The van der Waals surface area contributed by atoms with Crippen LogP contribution in [-0.4, -0.2) is 47.8 Å². The van der Waals surface area contributed by atoms with Gasteiger partial charge in [-0.1, -0.05) is 35.9 Å². The van der Waals surface area contributed by atoms with Gasteiger partial charge < -0.3 is 9.80 Å². The Bertz CT molecular complexity index is 810. The van der Waals surface area contributed by atoms with Crippen LogP contribution in [0.2, 0.25) is 5.02 Å². The fourth-order valence-electron chi connectivity index (χ4n) is 3.24. The number of hydrogen-bond donors (Lipinski definition) is 0. The molecule has 2 amide bonds. The van der Waals surface area contributed by atoms with Gasteiger partial charge in [0.2, 0.25) is 5.91 Å². The van der Waals surface area contributed by atoms with E-state index in [-0.39, 0.29) is 11.8 Å². The second-order valence-corrected chi connectivity index (χ2v) is 7.92. The number of nitrogens with zero attached hydrogens (tertiary/aromatic N) is 2. The van der Waals surface area contributed by atoms with Crippen LogP contribution in [0.5, 0.6) is 0 Å². The Hall–Kier alpha value is -1.85. The summed E-state index contributed by atoms with van der Waals surface area (Å²) in [7, 11) is 0. The summed E-state index contributed by atoms with van der Waals surface area (Å²) in [5.74, 6) is 0.151. The second-order valence-electron chi connectivity index (χ2n) is 6.63. The molecule has 6 heteroatoms. The van der Waals surface area contributed by atoms with E-state index < -0.39 is 0 Å². The summed E-state index contributed by atoms with van der Waals surface area (Å²) >= 11 is 9.34. The number of carbonyl (C=O) groups is 2. The van der Waals surface area contributed by atoms with Gasteiger partial charge in [-0.3, -0.25) is 9.59 Å². The summed E-state index contributed by atoms with van der Waals surface area (Å²) in [4.78, 5) is 29.1. The van der Waals surface area contributed by atoms with Crippen LogP contribution in [0, 0.1) is 0 Å². The number of benzene rings is 2. The molecule has 4 nitrogen and oxygen atoms in total. The maximum absolute atomic E-state index is 12.8. The molecular formula is C21H22BrClN2O2. The van der Waals surface area contributed by atoms with E-state index in [9.17, 15) is 9.59 Å². The topological polar surface area (TPSA) is 40.6 Å². The van der Waals surface area contributed by atoms with Gasteiger partial charge in [-0.15, -0.1) is 0 Å². The smallest absolute Gasteiger partial charge is 0.255 e. The van der Waals surface area contributed by atoms with Crippen molar-refractivity contribution in [2.45, 2.75) is 19.3 Å². The minimum absolute atomic E-state index is 0.0120. The lowest BCUT2D eigenvalue weighted by Crippen LogP contribution is -2.37. The Morgan fingerprint density at radius 3 is 2.33 bits per heavy atom. The summed E-state index contributed by atoms with van der Waals surface area (Å²) in [6.45, 7) is 2.50. The number of carbonyl (C=O) groups excluding carboxylic acids is 2. The first kappa shape index (κ1) is 19.9. The van der Waals surface area contributed by atoms with Crippen LogP contribution >= 0.6 is 27.5 Å². The summed E-state index contributed by atoms with van der Waals surface area (Å²) < 4.78 is 0.801. The molecule has 1 saturated heterocycles. The number of amides is 2. The molecule has 1 fully saturated rings. The summed E-state index contributed by atoms with van der Waals surface area (Å²) in [5.41, 5.74) is 1.77. The molecule has 1 aliphatic rings. The fraction of sp³-hybridized carbons (Fsp3) is 0.333. The van der Waals surface area contributed by atoms with Crippen LogP contribution in [0.4, 0.5) is 0 Å². The van der Waals surface area contributed by atoms with Gasteiger partial charge in [0, 0.05) is 42.1 Å². The zero-order chi connectivity index (χ0) is 19.2. The lowest BCUT2D eigenvalue weighted by molar-refractivity contribution is -0.131. The Kier molecular flexibility index (Phi) is 6.91. The van der Waals surface area contributed by atoms with E-state index in [4.69, 9.17) is 11.6 Å². The van der Waals surface area contributed by atoms with Gasteiger partial charge in [0.05, 0.1) is 5.56 Å². The van der Waals surface area contributed by atoms with Crippen molar-refractivity contribution in [2.24, 2.45) is 0 Å². The van der Waals surface area contributed by atoms with E-state index in [1.54, 1.807) is 0 Å². The highest BCUT2D eigenvalue weighted by Crippen LogP contribution is 2.19. The molecular weight excluding hydrogens is 428 g/mol. The zero-order valence-corrected chi connectivity index (χ0v) is 17.4. The molecule has 0 spiro atoms. The molecule has 0 aromatic heterocycles. The molecule has 1 heterocycles. The maximum Gasteiger partial charge on any atom is 0.255 e. The Labute approximate surface area is 173 Å². The van der Waals surface area contributed by atoms with Gasteiger partial charge >= 0.3 is 0 Å². The van der Waals surface area contributed by atoms with Crippen molar-refractivity contribution in [1.82, 2.24) is 9.80 Å². The molecule has 0 atom stereocenters. The minimum Gasteiger partial charge on any atom is -0.341 e. The summed E-state index contributed by atoms with van der Waals surface area (Å²) in [6.07, 6.45) is 1.97. The lowest BCUT2D eigenvalue weighted by atomic mass is 10.1.